The summed E-state index contributed by atoms with van der Waals surface area (Å²) in [6, 6.07) is 10.3. The maximum absolute atomic E-state index is 13.2. The van der Waals surface area contributed by atoms with Gasteiger partial charge in [0.2, 0.25) is 5.91 Å². The number of amides is 1. The van der Waals surface area contributed by atoms with E-state index in [0.717, 1.165) is 39.4 Å². The molecule has 28 heavy (non-hydrogen) atoms. The second kappa shape index (κ2) is 8.80. The molecular formula is C22H26FN3OS. The average Bonchev–Trinajstić information content (AvgIpc) is 3.08. The number of carbonyl (C=O) groups is 1. The molecule has 0 aliphatic rings. The van der Waals surface area contributed by atoms with Gasteiger partial charge in [0.15, 0.2) is 5.13 Å². The van der Waals surface area contributed by atoms with E-state index in [1.165, 1.54) is 17.7 Å². The molecular weight excluding hydrogens is 373 g/mol. The van der Waals surface area contributed by atoms with Crippen molar-refractivity contribution in [3.63, 3.8) is 0 Å². The van der Waals surface area contributed by atoms with Crippen molar-refractivity contribution in [3.05, 3.63) is 58.9 Å². The molecule has 0 saturated heterocycles. The molecule has 0 N–H and O–H groups in total. The molecule has 0 aliphatic heterocycles. The largest absolute Gasteiger partial charge is 0.309 e. The van der Waals surface area contributed by atoms with Crippen LogP contribution >= 0.6 is 11.3 Å². The summed E-state index contributed by atoms with van der Waals surface area (Å²) in [5, 5.41) is 0.731. The first-order valence-corrected chi connectivity index (χ1v) is 10.2. The van der Waals surface area contributed by atoms with Crippen LogP contribution in [0, 0.1) is 19.7 Å². The van der Waals surface area contributed by atoms with Gasteiger partial charge in [-0.2, -0.15) is 0 Å². The van der Waals surface area contributed by atoms with E-state index in [9.17, 15) is 9.18 Å². The highest BCUT2D eigenvalue weighted by atomic mass is 32.1. The molecule has 0 bridgehead atoms. The molecule has 1 aromatic heterocycles. The van der Waals surface area contributed by atoms with Crippen molar-refractivity contribution in [2.75, 3.05) is 32.1 Å². The van der Waals surface area contributed by atoms with Gasteiger partial charge < -0.3 is 4.90 Å². The number of anilines is 1. The molecule has 0 atom stereocenters. The molecule has 3 rings (SSSR count). The van der Waals surface area contributed by atoms with Crippen LogP contribution < -0.4 is 4.90 Å². The highest BCUT2D eigenvalue weighted by Gasteiger charge is 2.20. The normalized spacial score (nSPS) is 11.4. The third-order valence-electron chi connectivity index (χ3n) is 4.86. The van der Waals surface area contributed by atoms with Crippen LogP contribution in [0.4, 0.5) is 9.52 Å². The Morgan fingerprint density at radius 1 is 1.07 bits per heavy atom. The minimum atomic E-state index is -0.295. The summed E-state index contributed by atoms with van der Waals surface area (Å²) in [6.45, 7) is 5.64. The Hall–Kier alpha value is -2.31. The lowest BCUT2D eigenvalue weighted by molar-refractivity contribution is -0.118. The lowest BCUT2D eigenvalue weighted by Gasteiger charge is -2.21. The first kappa shape index (κ1) is 20.4. The first-order valence-electron chi connectivity index (χ1n) is 9.41. The number of hydrogen-bond acceptors (Lipinski definition) is 4. The van der Waals surface area contributed by atoms with Gasteiger partial charge in [-0.3, -0.25) is 9.69 Å². The Kier molecular flexibility index (Phi) is 6.42. The zero-order valence-corrected chi connectivity index (χ0v) is 17.6. The van der Waals surface area contributed by atoms with Gasteiger partial charge in [-0.1, -0.05) is 29.5 Å². The number of aromatic nitrogens is 1. The molecule has 0 radical (unpaired) electrons. The van der Waals surface area contributed by atoms with Gasteiger partial charge in [-0.05, 0) is 75.8 Å². The van der Waals surface area contributed by atoms with Crippen LogP contribution in [0.3, 0.4) is 0 Å². The van der Waals surface area contributed by atoms with Crippen molar-refractivity contribution in [2.45, 2.75) is 26.7 Å². The SMILES string of the molecule is Cc1ccc2sc(N(CCCN(C)C)C(=O)Cc3ccc(F)cc3)nc2c1C. The van der Waals surface area contributed by atoms with E-state index in [1.807, 2.05) is 14.1 Å². The van der Waals surface area contributed by atoms with Gasteiger partial charge >= 0.3 is 0 Å². The first-order chi connectivity index (χ1) is 13.3. The molecule has 0 saturated carbocycles. The second-order valence-electron chi connectivity index (χ2n) is 7.36. The molecule has 1 heterocycles. The van der Waals surface area contributed by atoms with Crippen molar-refractivity contribution >= 4 is 32.6 Å². The summed E-state index contributed by atoms with van der Waals surface area (Å²) < 4.78 is 14.3. The number of fused-ring (bicyclic) bond motifs is 1. The van der Waals surface area contributed by atoms with E-state index in [1.54, 1.807) is 28.4 Å². The number of halogens is 1. The zero-order chi connectivity index (χ0) is 20.3. The van der Waals surface area contributed by atoms with Crippen molar-refractivity contribution in [3.8, 4) is 0 Å². The number of benzene rings is 2. The number of hydrogen-bond donors (Lipinski definition) is 0. The van der Waals surface area contributed by atoms with E-state index in [4.69, 9.17) is 4.98 Å². The third-order valence-corrected chi connectivity index (χ3v) is 5.90. The maximum Gasteiger partial charge on any atom is 0.233 e. The molecule has 148 valence electrons. The molecule has 0 spiro atoms. The Morgan fingerprint density at radius 3 is 2.46 bits per heavy atom. The zero-order valence-electron chi connectivity index (χ0n) is 16.8. The Labute approximate surface area is 169 Å². The van der Waals surface area contributed by atoms with Crippen LogP contribution in [0.1, 0.15) is 23.1 Å². The van der Waals surface area contributed by atoms with Crippen LogP contribution in [-0.2, 0) is 11.2 Å². The van der Waals surface area contributed by atoms with Gasteiger partial charge in [0.05, 0.1) is 16.6 Å². The third kappa shape index (κ3) is 4.75. The minimum Gasteiger partial charge on any atom is -0.309 e. The van der Waals surface area contributed by atoms with E-state index in [0.29, 0.717) is 6.54 Å². The molecule has 6 heteroatoms. The predicted molar refractivity (Wildman–Crippen MR) is 115 cm³/mol. The maximum atomic E-state index is 13.2. The number of carbonyl (C=O) groups excluding carboxylic acids is 1. The lowest BCUT2D eigenvalue weighted by atomic mass is 10.1. The monoisotopic (exact) mass is 399 g/mol. The topological polar surface area (TPSA) is 36.4 Å². The van der Waals surface area contributed by atoms with E-state index in [-0.39, 0.29) is 18.1 Å². The van der Waals surface area contributed by atoms with Crippen LogP contribution in [0.2, 0.25) is 0 Å². The quantitative estimate of drug-likeness (QED) is 0.583. The average molecular weight is 400 g/mol. The molecule has 4 nitrogen and oxygen atoms in total. The summed E-state index contributed by atoms with van der Waals surface area (Å²) in [6.07, 6.45) is 1.09. The Bertz CT molecular complexity index is 966. The van der Waals surface area contributed by atoms with Crippen molar-refractivity contribution in [2.24, 2.45) is 0 Å². The highest BCUT2D eigenvalue weighted by molar-refractivity contribution is 7.22. The predicted octanol–water partition coefficient (Wildman–Crippen LogP) is 4.58. The molecule has 0 aliphatic carbocycles. The Balaban J connectivity index is 1.88. The van der Waals surface area contributed by atoms with Gasteiger partial charge in [0.1, 0.15) is 5.82 Å². The Morgan fingerprint density at radius 2 is 1.79 bits per heavy atom. The number of thiazole rings is 1. The van der Waals surface area contributed by atoms with Crippen molar-refractivity contribution < 1.29 is 9.18 Å². The summed E-state index contributed by atoms with van der Waals surface area (Å²) in [5.41, 5.74) is 4.12. The van der Waals surface area contributed by atoms with Crippen molar-refractivity contribution in [1.82, 2.24) is 9.88 Å². The molecule has 2 aromatic carbocycles. The summed E-state index contributed by atoms with van der Waals surface area (Å²) in [4.78, 5) is 21.8. The summed E-state index contributed by atoms with van der Waals surface area (Å²) in [7, 11) is 4.04. The fourth-order valence-electron chi connectivity index (χ4n) is 3.07. The summed E-state index contributed by atoms with van der Waals surface area (Å²) in [5.74, 6) is -0.310. The highest BCUT2D eigenvalue weighted by Crippen LogP contribution is 2.32. The fraction of sp³-hybridized carbons (Fsp3) is 0.364. The fourth-order valence-corrected chi connectivity index (χ4v) is 4.14. The number of nitrogens with zero attached hydrogens (tertiary/aromatic N) is 3. The van der Waals surface area contributed by atoms with Gasteiger partial charge in [0.25, 0.3) is 0 Å². The van der Waals surface area contributed by atoms with Crippen molar-refractivity contribution in [1.29, 1.82) is 0 Å². The number of aryl methyl sites for hydroxylation is 2. The molecule has 3 aromatic rings. The molecule has 0 unspecified atom stereocenters. The van der Waals surface area contributed by atoms with Crippen LogP contribution in [0.25, 0.3) is 10.2 Å². The van der Waals surface area contributed by atoms with E-state index >= 15 is 0 Å². The van der Waals surface area contributed by atoms with Crippen LogP contribution in [0.15, 0.2) is 36.4 Å². The van der Waals surface area contributed by atoms with E-state index < -0.39 is 0 Å². The smallest absolute Gasteiger partial charge is 0.233 e. The standard InChI is InChI=1S/C22H26FN3OS/c1-15-6-11-19-21(16(15)2)24-22(28-19)26(13-5-12-25(3)4)20(27)14-17-7-9-18(23)10-8-17/h6-11H,5,12-14H2,1-4H3. The van der Waals surface area contributed by atoms with E-state index in [2.05, 4.69) is 30.9 Å². The van der Waals surface area contributed by atoms with Crippen LogP contribution in [-0.4, -0.2) is 43.0 Å². The summed E-state index contributed by atoms with van der Waals surface area (Å²) >= 11 is 1.55. The van der Waals surface area contributed by atoms with Crippen LogP contribution in [0.5, 0.6) is 0 Å². The molecule has 0 fully saturated rings. The molecule has 1 amide bonds. The lowest BCUT2D eigenvalue weighted by Crippen LogP contribution is -2.34. The van der Waals surface area contributed by atoms with Gasteiger partial charge in [-0.15, -0.1) is 0 Å². The van der Waals surface area contributed by atoms with Gasteiger partial charge in [0, 0.05) is 6.54 Å². The number of rotatable bonds is 7. The minimum absolute atomic E-state index is 0.0150. The second-order valence-corrected chi connectivity index (χ2v) is 8.37. The van der Waals surface area contributed by atoms with Gasteiger partial charge in [-0.25, -0.2) is 9.37 Å².